The lowest BCUT2D eigenvalue weighted by Crippen LogP contribution is -2.39. The molecular formula is C23H29F3N2O5. The minimum atomic E-state index is -5.08. The molecule has 2 heterocycles. The highest BCUT2D eigenvalue weighted by molar-refractivity contribution is 5.93. The first kappa shape index (κ1) is 25.0. The van der Waals surface area contributed by atoms with E-state index in [9.17, 15) is 18.0 Å². The lowest BCUT2D eigenvalue weighted by atomic mass is 9.76. The molecule has 1 aromatic carbocycles. The summed E-state index contributed by atoms with van der Waals surface area (Å²) < 4.78 is 42.7. The van der Waals surface area contributed by atoms with Crippen molar-refractivity contribution in [2.24, 2.45) is 5.92 Å². The van der Waals surface area contributed by atoms with Crippen LogP contribution in [0.15, 0.2) is 30.4 Å². The number of allylic oxidation sites excluding steroid dienone is 2. The molecular weight excluding hydrogens is 441 g/mol. The fraction of sp³-hybridized carbons (Fsp3) is 0.565. The van der Waals surface area contributed by atoms with Gasteiger partial charge in [-0.3, -0.25) is 4.79 Å². The summed E-state index contributed by atoms with van der Waals surface area (Å²) in [6.45, 7) is 4.24. The van der Waals surface area contributed by atoms with Crippen molar-refractivity contribution >= 4 is 23.3 Å². The first-order valence-corrected chi connectivity index (χ1v) is 10.9. The number of carboxylic acids is 1. The molecule has 0 unspecified atom stereocenters. The van der Waals surface area contributed by atoms with Crippen LogP contribution < -0.4 is 10.2 Å². The first-order chi connectivity index (χ1) is 15.7. The molecule has 10 heteroatoms. The van der Waals surface area contributed by atoms with E-state index in [4.69, 9.17) is 19.4 Å². The van der Waals surface area contributed by atoms with E-state index in [1.807, 2.05) is 6.07 Å². The second kappa shape index (κ2) is 10.6. The number of carbonyl (C=O) groups is 2. The quantitative estimate of drug-likeness (QED) is 0.638. The molecule has 1 spiro atoms. The van der Waals surface area contributed by atoms with Crippen LogP contribution in [0.5, 0.6) is 0 Å². The number of methoxy groups -OCH3 is 1. The van der Waals surface area contributed by atoms with E-state index in [1.165, 1.54) is 11.3 Å². The van der Waals surface area contributed by atoms with Crippen LogP contribution in [0.25, 0.3) is 0 Å². The zero-order valence-electron chi connectivity index (χ0n) is 18.5. The van der Waals surface area contributed by atoms with Crippen LogP contribution >= 0.6 is 0 Å². The molecule has 2 N–H and O–H groups in total. The standard InChI is InChI=1S/C21H28N2O3.C2HF3O2/c1-25-13-10-23-15-21(8-11-26-12-9-21)18-14-17(6-7-19(18)23)22-20(24)16-4-2-3-5-16;3-2(4,5)1(6)7/h2-3,6-7,14,16H,4-5,8-13,15H2,1H3,(H,22,24);(H,6,7). The molecule has 1 amide bonds. The Morgan fingerprint density at radius 1 is 1.24 bits per heavy atom. The molecule has 1 saturated heterocycles. The molecule has 1 fully saturated rings. The highest BCUT2D eigenvalue weighted by Crippen LogP contribution is 2.47. The lowest BCUT2D eigenvalue weighted by molar-refractivity contribution is -0.192. The van der Waals surface area contributed by atoms with Crippen LogP contribution in [0.4, 0.5) is 24.5 Å². The molecule has 1 aromatic rings. The van der Waals surface area contributed by atoms with Gasteiger partial charge in [-0.2, -0.15) is 13.2 Å². The van der Waals surface area contributed by atoms with E-state index in [1.54, 1.807) is 7.11 Å². The predicted octanol–water partition coefficient (Wildman–Crippen LogP) is 3.74. The van der Waals surface area contributed by atoms with Crippen molar-refractivity contribution in [3.05, 3.63) is 35.9 Å². The monoisotopic (exact) mass is 470 g/mol. The Labute approximate surface area is 190 Å². The van der Waals surface area contributed by atoms with Gasteiger partial charge in [0.1, 0.15) is 0 Å². The van der Waals surface area contributed by atoms with Crippen molar-refractivity contribution in [1.82, 2.24) is 0 Å². The third-order valence-electron chi connectivity index (χ3n) is 6.31. The van der Waals surface area contributed by atoms with Crippen LogP contribution in [-0.4, -0.2) is 63.2 Å². The van der Waals surface area contributed by atoms with Crippen LogP contribution in [0, 0.1) is 5.92 Å². The highest BCUT2D eigenvalue weighted by atomic mass is 19.4. The summed E-state index contributed by atoms with van der Waals surface area (Å²) in [6, 6.07) is 6.41. The summed E-state index contributed by atoms with van der Waals surface area (Å²) in [5, 5.41) is 10.3. The maximum atomic E-state index is 12.5. The van der Waals surface area contributed by atoms with E-state index < -0.39 is 12.1 Å². The van der Waals surface area contributed by atoms with Crippen molar-refractivity contribution in [2.45, 2.75) is 37.3 Å². The summed E-state index contributed by atoms with van der Waals surface area (Å²) in [5.41, 5.74) is 3.70. The Morgan fingerprint density at radius 3 is 2.45 bits per heavy atom. The van der Waals surface area contributed by atoms with Crippen LogP contribution in [0.2, 0.25) is 0 Å². The highest BCUT2D eigenvalue weighted by Gasteiger charge is 2.43. The summed E-state index contributed by atoms with van der Waals surface area (Å²) in [7, 11) is 1.75. The largest absolute Gasteiger partial charge is 0.490 e. The number of aliphatic carboxylic acids is 1. The third-order valence-corrected chi connectivity index (χ3v) is 6.31. The zero-order valence-corrected chi connectivity index (χ0v) is 18.5. The molecule has 3 aliphatic rings. The number of hydrogen-bond donors (Lipinski definition) is 2. The number of halogens is 3. The Bertz CT molecular complexity index is 873. The van der Waals surface area contributed by atoms with Gasteiger partial charge >= 0.3 is 12.1 Å². The average Bonchev–Trinajstić information content (AvgIpc) is 3.41. The smallest absolute Gasteiger partial charge is 0.475 e. The average molecular weight is 470 g/mol. The van der Waals surface area contributed by atoms with Gasteiger partial charge in [-0.05, 0) is 49.4 Å². The van der Waals surface area contributed by atoms with Crippen molar-refractivity contribution in [1.29, 1.82) is 0 Å². The maximum absolute atomic E-state index is 12.5. The van der Waals surface area contributed by atoms with Crippen LogP contribution in [-0.2, 0) is 24.5 Å². The molecule has 0 atom stereocenters. The molecule has 2 aliphatic heterocycles. The minimum absolute atomic E-state index is 0.0819. The summed E-state index contributed by atoms with van der Waals surface area (Å²) in [5.74, 6) is -2.55. The first-order valence-electron chi connectivity index (χ1n) is 10.9. The SMILES string of the molecule is COCCN1CC2(CCOCC2)c2cc(NC(=O)C3CC=CC3)ccc21.O=C(O)C(F)(F)F. The second-order valence-corrected chi connectivity index (χ2v) is 8.47. The lowest BCUT2D eigenvalue weighted by Gasteiger charge is -2.34. The van der Waals surface area contributed by atoms with Gasteiger partial charge in [-0.15, -0.1) is 0 Å². The number of nitrogens with zero attached hydrogens (tertiary/aromatic N) is 1. The van der Waals surface area contributed by atoms with Gasteiger partial charge in [0.25, 0.3) is 0 Å². The summed E-state index contributed by atoms with van der Waals surface area (Å²) in [6.07, 6.45) is 2.88. The topological polar surface area (TPSA) is 88.1 Å². The van der Waals surface area contributed by atoms with E-state index in [2.05, 4.69) is 34.5 Å². The second-order valence-electron chi connectivity index (χ2n) is 8.47. The number of anilines is 2. The Hall–Kier alpha value is -2.59. The van der Waals surface area contributed by atoms with E-state index in [0.29, 0.717) is 0 Å². The number of alkyl halides is 3. The van der Waals surface area contributed by atoms with Crippen molar-refractivity contribution in [3.63, 3.8) is 0 Å². The molecule has 4 rings (SSSR count). The van der Waals surface area contributed by atoms with Crippen molar-refractivity contribution in [3.8, 4) is 0 Å². The fourth-order valence-electron chi connectivity index (χ4n) is 4.52. The van der Waals surface area contributed by atoms with Gasteiger partial charge in [0, 0.05) is 56.1 Å². The van der Waals surface area contributed by atoms with E-state index in [0.717, 1.165) is 64.3 Å². The summed E-state index contributed by atoms with van der Waals surface area (Å²) in [4.78, 5) is 23.8. The van der Waals surface area contributed by atoms with Gasteiger partial charge in [0.15, 0.2) is 0 Å². The Balaban J connectivity index is 0.000000383. The molecule has 33 heavy (non-hydrogen) atoms. The Morgan fingerprint density at radius 2 is 1.88 bits per heavy atom. The van der Waals surface area contributed by atoms with Gasteiger partial charge in [-0.25, -0.2) is 4.79 Å². The Kier molecular flexibility index (Phi) is 8.01. The molecule has 0 radical (unpaired) electrons. The molecule has 7 nitrogen and oxygen atoms in total. The number of amides is 1. The van der Waals surface area contributed by atoms with E-state index in [-0.39, 0.29) is 17.2 Å². The third kappa shape index (κ3) is 6.05. The zero-order chi connectivity index (χ0) is 24.1. The van der Waals surface area contributed by atoms with Gasteiger partial charge in [0.2, 0.25) is 5.91 Å². The van der Waals surface area contributed by atoms with Crippen LogP contribution in [0.1, 0.15) is 31.2 Å². The minimum Gasteiger partial charge on any atom is -0.475 e. The normalized spacial score (nSPS) is 19.2. The fourth-order valence-corrected chi connectivity index (χ4v) is 4.52. The number of carboxylic acid groups (broad SMARTS) is 1. The molecule has 182 valence electrons. The molecule has 0 saturated carbocycles. The van der Waals surface area contributed by atoms with Crippen molar-refractivity contribution < 1.29 is 37.3 Å². The number of fused-ring (bicyclic) bond motifs is 2. The molecule has 0 aromatic heterocycles. The predicted molar refractivity (Wildman–Crippen MR) is 116 cm³/mol. The van der Waals surface area contributed by atoms with Gasteiger partial charge in [0.05, 0.1) is 6.61 Å². The summed E-state index contributed by atoms with van der Waals surface area (Å²) >= 11 is 0. The number of ether oxygens (including phenoxy) is 2. The molecule has 1 aliphatic carbocycles. The number of hydrogen-bond acceptors (Lipinski definition) is 5. The number of rotatable bonds is 5. The number of benzene rings is 1. The van der Waals surface area contributed by atoms with Crippen molar-refractivity contribution in [2.75, 3.05) is 50.2 Å². The van der Waals surface area contributed by atoms with Gasteiger partial charge in [-0.1, -0.05) is 12.2 Å². The number of nitrogens with one attached hydrogen (secondary N) is 1. The number of carbonyl (C=O) groups excluding carboxylic acids is 1. The van der Waals surface area contributed by atoms with Crippen LogP contribution in [0.3, 0.4) is 0 Å². The molecule has 0 bridgehead atoms. The van der Waals surface area contributed by atoms with E-state index >= 15 is 0 Å². The van der Waals surface area contributed by atoms with Gasteiger partial charge < -0.3 is 24.8 Å². The maximum Gasteiger partial charge on any atom is 0.490 e.